The van der Waals surface area contributed by atoms with E-state index in [0.717, 1.165) is 22.3 Å². The molecule has 1 amide bonds. The van der Waals surface area contributed by atoms with Gasteiger partial charge in [-0.15, -0.1) is 0 Å². The molecule has 4 aliphatic rings. The van der Waals surface area contributed by atoms with E-state index in [2.05, 4.69) is 6.08 Å². The molecule has 8 heteroatoms. The quantitative estimate of drug-likeness (QED) is 0.518. The number of benzene rings is 2. The van der Waals surface area contributed by atoms with Gasteiger partial charge in [-0.2, -0.15) is 0 Å². The molecule has 8 nitrogen and oxygen atoms in total. The summed E-state index contributed by atoms with van der Waals surface area (Å²) in [6.45, 7) is 3.46. The Kier molecular flexibility index (Phi) is 5.56. The molecule has 4 aliphatic carbocycles. The summed E-state index contributed by atoms with van der Waals surface area (Å²) in [4.78, 5) is 66.6. The van der Waals surface area contributed by atoms with Gasteiger partial charge < -0.3 is 15.9 Å². The third kappa shape index (κ3) is 3.37. The average Bonchev–Trinajstić information content (AvgIpc) is 3.30. The van der Waals surface area contributed by atoms with E-state index >= 15 is 0 Å². The Bertz CT molecular complexity index is 1540. The number of aromatic hydroxyl groups is 1. The molecule has 0 bridgehead atoms. The number of Topliss-reactive ketones (excluding diaryl/α,β-unsaturated/α-hetero) is 4. The predicted octanol–water partition coefficient (Wildman–Crippen LogP) is 2.31. The fourth-order valence-corrected chi connectivity index (χ4v) is 7.61. The van der Waals surface area contributed by atoms with Gasteiger partial charge in [-0.05, 0) is 65.0 Å². The summed E-state index contributed by atoms with van der Waals surface area (Å²) in [6.07, 6.45) is 3.04. The summed E-state index contributed by atoms with van der Waals surface area (Å²) in [7, 11) is 0. The van der Waals surface area contributed by atoms with Crippen molar-refractivity contribution >= 4 is 40.7 Å². The lowest BCUT2D eigenvalue weighted by atomic mass is 9.49. The number of amides is 1. The van der Waals surface area contributed by atoms with Crippen molar-refractivity contribution in [2.75, 3.05) is 0 Å². The lowest BCUT2D eigenvalue weighted by molar-refractivity contribution is -0.182. The van der Waals surface area contributed by atoms with Crippen LogP contribution in [-0.2, 0) is 32.0 Å². The molecule has 200 valence electrons. The topological polar surface area (TPSA) is 152 Å². The normalized spacial score (nSPS) is 31.4. The monoisotopic (exact) mass is 527 g/mol. The zero-order valence-corrected chi connectivity index (χ0v) is 21.6. The Hall–Kier alpha value is -3.91. The Morgan fingerprint density at radius 1 is 1.05 bits per heavy atom. The van der Waals surface area contributed by atoms with Crippen molar-refractivity contribution in [3.8, 4) is 5.75 Å². The van der Waals surface area contributed by atoms with Crippen LogP contribution in [0.2, 0.25) is 0 Å². The van der Waals surface area contributed by atoms with Crippen molar-refractivity contribution < 1.29 is 34.2 Å². The molecule has 2 aromatic carbocycles. The van der Waals surface area contributed by atoms with Crippen molar-refractivity contribution in [2.45, 2.75) is 38.7 Å². The number of hydrogen-bond donors (Lipinski definition) is 3. The minimum absolute atomic E-state index is 0.0206. The molecule has 2 fully saturated rings. The number of phenols is 1. The van der Waals surface area contributed by atoms with E-state index in [1.54, 1.807) is 19.9 Å². The number of phenolic OH excluding ortho intramolecular Hbond substituents is 1. The predicted molar refractivity (Wildman–Crippen MR) is 140 cm³/mol. The SMILES string of the molecule is CC(C)[C@@H]1C(=O)C(C(N)=O)C(=O)[C@@]2(O)C(=O)C3C(=O)c4c(O)ccc(C5=Cc6ccccc6C5)c4C[C@H]3C[C@@H]12. The van der Waals surface area contributed by atoms with Gasteiger partial charge in [0.25, 0.3) is 0 Å². The van der Waals surface area contributed by atoms with Gasteiger partial charge >= 0.3 is 0 Å². The molecule has 0 aliphatic heterocycles. The number of ketones is 4. The van der Waals surface area contributed by atoms with E-state index in [1.165, 1.54) is 6.07 Å². The number of carbonyl (C=O) groups excluding carboxylic acids is 5. The van der Waals surface area contributed by atoms with Crippen LogP contribution in [0.4, 0.5) is 0 Å². The molecule has 2 saturated carbocycles. The molecule has 0 aromatic heterocycles. The molecule has 0 radical (unpaired) electrons. The van der Waals surface area contributed by atoms with Gasteiger partial charge in [-0.3, -0.25) is 24.0 Å². The highest BCUT2D eigenvalue weighted by Crippen LogP contribution is 2.53. The van der Waals surface area contributed by atoms with Gasteiger partial charge in [0.05, 0.1) is 11.5 Å². The first-order chi connectivity index (χ1) is 18.5. The summed E-state index contributed by atoms with van der Waals surface area (Å²) in [5.74, 6) is -11.4. The summed E-state index contributed by atoms with van der Waals surface area (Å²) >= 11 is 0. The third-order valence-corrected chi connectivity index (χ3v) is 9.31. The van der Waals surface area contributed by atoms with Crippen LogP contribution in [0, 0.1) is 35.5 Å². The lowest BCUT2D eigenvalue weighted by Crippen LogP contribution is -2.71. The smallest absolute Gasteiger partial charge is 0.235 e. The first-order valence-electron chi connectivity index (χ1n) is 13.3. The molecule has 0 spiro atoms. The molecular formula is C31H29NO7. The van der Waals surface area contributed by atoms with Crippen LogP contribution in [0.1, 0.15) is 52.9 Å². The first kappa shape index (κ1) is 25.4. The maximum absolute atomic E-state index is 13.9. The van der Waals surface area contributed by atoms with E-state index < -0.39 is 64.2 Å². The highest BCUT2D eigenvalue weighted by molar-refractivity contribution is 6.32. The molecule has 0 saturated heterocycles. The molecule has 39 heavy (non-hydrogen) atoms. The number of nitrogens with two attached hydrogens (primary N) is 1. The number of carbonyl (C=O) groups is 5. The Labute approximate surface area is 224 Å². The number of hydrogen-bond acceptors (Lipinski definition) is 7. The molecule has 4 N–H and O–H groups in total. The Morgan fingerprint density at radius 3 is 2.44 bits per heavy atom. The molecule has 0 heterocycles. The largest absolute Gasteiger partial charge is 0.507 e. The fourth-order valence-electron chi connectivity index (χ4n) is 7.61. The van der Waals surface area contributed by atoms with Crippen LogP contribution in [0.15, 0.2) is 36.4 Å². The van der Waals surface area contributed by atoms with Crippen molar-refractivity contribution in [1.82, 2.24) is 0 Å². The number of primary amides is 1. The van der Waals surface area contributed by atoms with Crippen LogP contribution >= 0.6 is 0 Å². The van der Waals surface area contributed by atoms with Crippen molar-refractivity contribution in [2.24, 2.45) is 41.2 Å². The highest BCUT2D eigenvalue weighted by Gasteiger charge is 2.69. The molecule has 2 aromatic rings. The van der Waals surface area contributed by atoms with E-state index in [4.69, 9.17) is 5.73 Å². The molecule has 6 atom stereocenters. The Balaban J connectivity index is 1.46. The number of aliphatic hydroxyl groups is 1. The first-order valence-corrected chi connectivity index (χ1v) is 13.3. The van der Waals surface area contributed by atoms with Gasteiger partial charge in [-0.25, -0.2) is 0 Å². The summed E-state index contributed by atoms with van der Waals surface area (Å²) < 4.78 is 0. The second kappa shape index (κ2) is 8.55. The van der Waals surface area contributed by atoms with Crippen LogP contribution in [-0.4, -0.2) is 44.9 Å². The van der Waals surface area contributed by atoms with E-state index in [0.29, 0.717) is 12.0 Å². The van der Waals surface area contributed by atoms with Crippen molar-refractivity contribution in [3.05, 3.63) is 64.2 Å². The molecular weight excluding hydrogens is 498 g/mol. The van der Waals surface area contributed by atoms with Gasteiger partial charge in [0.1, 0.15) is 5.75 Å². The summed E-state index contributed by atoms with van der Waals surface area (Å²) in [5.41, 5.74) is 7.37. The van der Waals surface area contributed by atoms with Crippen LogP contribution < -0.4 is 5.73 Å². The van der Waals surface area contributed by atoms with Gasteiger partial charge in [-0.1, -0.05) is 50.3 Å². The third-order valence-electron chi connectivity index (χ3n) is 9.31. The molecule has 2 unspecified atom stereocenters. The van der Waals surface area contributed by atoms with E-state index in [-0.39, 0.29) is 30.1 Å². The van der Waals surface area contributed by atoms with Crippen molar-refractivity contribution in [3.63, 3.8) is 0 Å². The summed E-state index contributed by atoms with van der Waals surface area (Å²) in [6, 6.07) is 11.2. The maximum atomic E-state index is 13.9. The molecule has 6 rings (SSSR count). The van der Waals surface area contributed by atoms with Crippen LogP contribution in [0.5, 0.6) is 5.75 Å². The van der Waals surface area contributed by atoms with E-state index in [1.807, 2.05) is 24.3 Å². The Morgan fingerprint density at radius 2 is 1.77 bits per heavy atom. The van der Waals surface area contributed by atoms with Crippen LogP contribution in [0.3, 0.4) is 0 Å². The highest BCUT2D eigenvalue weighted by atomic mass is 16.3. The minimum Gasteiger partial charge on any atom is -0.507 e. The average molecular weight is 528 g/mol. The second-order valence-electron chi connectivity index (χ2n) is 11.7. The van der Waals surface area contributed by atoms with Crippen LogP contribution in [0.25, 0.3) is 11.6 Å². The van der Waals surface area contributed by atoms with Gasteiger partial charge in [0.2, 0.25) is 5.91 Å². The number of fused-ring (bicyclic) bond motifs is 4. The van der Waals surface area contributed by atoms with Crippen molar-refractivity contribution in [1.29, 1.82) is 0 Å². The minimum atomic E-state index is -2.68. The number of rotatable bonds is 3. The van der Waals surface area contributed by atoms with Gasteiger partial charge in [0, 0.05) is 11.8 Å². The fraction of sp³-hybridized carbons (Fsp3) is 0.387. The zero-order chi connectivity index (χ0) is 28.0. The van der Waals surface area contributed by atoms with E-state index in [9.17, 15) is 34.2 Å². The maximum Gasteiger partial charge on any atom is 0.235 e. The standard InChI is InChI=1S/C31H29NO7/c1-13(2)22-20-12-17-11-19-18(16-9-14-5-3-4-6-15(14)10-16)7-8-21(33)24(19)27(35)23(17)28(36)31(20,39)29(37)25(26(22)34)30(32)38/h3-9,13,17,20,22-23,25,33,39H,10-12H2,1-2H3,(H2,32,38)/t17-,20-,22-,23?,25?,31-/m0/s1. The van der Waals surface area contributed by atoms with Gasteiger partial charge in [0.15, 0.2) is 34.7 Å². The zero-order valence-electron chi connectivity index (χ0n) is 21.6. The number of allylic oxidation sites excluding steroid dienone is 1. The lowest BCUT2D eigenvalue weighted by Gasteiger charge is -2.52. The summed E-state index contributed by atoms with van der Waals surface area (Å²) in [5, 5.41) is 22.5. The second-order valence-corrected chi connectivity index (χ2v) is 11.7.